The van der Waals surface area contributed by atoms with E-state index in [9.17, 15) is 32.7 Å². The Morgan fingerprint density at radius 2 is 1.84 bits per heavy atom. The van der Waals surface area contributed by atoms with E-state index in [2.05, 4.69) is 10.6 Å². The lowest BCUT2D eigenvalue weighted by molar-refractivity contribution is -0.146. The number of carbonyl (C=O) groups excluding carboxylic acids is 2. The molecule has 1 atom stereocenters. The number of carbonyl (C=O) groups is 3. The summed E-state index contributed by atoms with van der Waals surface area (Å²) in [5.41, 5.74) is -2.27. The van der Waals surface area contributed by atoms with Crippen molar-refractivity contribution in [1.82, 2.24) is 10.6 Å². The van der Waals surface area contributed by atoms with Crippen LogP contribution >= 0.6 is 11.8 Å². The largest absolute Gasteiger partial charge is 0.479 e. The Balaban J connectivity index is 1.91. The van der Waals surface area contributed by atoms with Gasteiger partial charge in [-0.05, 0) is 36.4 Å². The molecule has 1 heterocycles. The summed E-state index contributed by atoms with van der Waals surface area (Å²) in [6, 6.07) is 3.54. The highest BCUT2D eigenvalue weighted by atomic mass is 32.2. The molecule has 2 amide bonds. The molecular formula is C15H15F3N2O4S. The molecule has 136 valence electrons. The molecule has 0 spiro atoms. The summed E-state index contributed by atoms with van der Waals surface area (Å²) in [4.78, 5) is 35.1. The van der Waals surface area contributed by atoms with Gasteiger partial charge in [0, 0.05) is 11.3 Å². The topological polar surface area (TPSA) is 95.5 Å². The van der Waals surface area contributed by atoms with E-state index in [1.165, 1.54) is 11.8 Å². The van der Waals surface area contributed by atoms with Gasteiger partial charge in [0.15, 0.2) is 0 Å². The summed E-state index contributed by atoms with van der Waals surface area (Å²) in [5.74, 6) is -1.70. The van der Waals surface area contributed by atoms with Gasteiger partial charge in [0.25, 0.3) is 5.91 Å². The molecule has 1 aliphatic rings. The molecule has 1 aliphatic heterocycles. The first kappa shape index (κ1) is 19.1. The minimum absolute atomic E-state index is 0.0369. The van der Waals surface area contributed by atoms with Gasteiger partial charge >= 0.3 is 12.1 Å². The fourth-order valence-corrected chi connectivity index (χ4v) is 3.60. The van der Waals surface area contributed by atoms with E-state index in [4.69, 9.17) is 0 Å². The Kier molecular flexibility index (Phi) is 5.61. The Hall–Kier alpha value is -2.23. The van der Waals surface area contributed by atoms with Crippen molar-refractivity contribution in [1.29, 1.82) is 0 Å². The normalized spacial score (nSPS) is 20.1. The van der Waals surface area contributed by atoms with Crippen LogP contribution in [-0.2, 0) is 15.8 Å². The van der Waals surface area contributed by atoms with E-state index in [-0.39, 0.29) is 17.7 Å². The third-order valence-corrected chi connectivity index (χ3v) is 4.88. The maximum atomic E-state index is 12.5. The fourth-order valence-electron chi connectivity index (χ4n) is 2.27. The van der Waals surface area contributed by atoms with Gasteiger partial charge in [-0.1, -0.05) is 0 Å². The van der Waals surface area contributed by atoms with E-state index in [1.807, 2.05) is 0 Å². The maximum Gasteiger partial charge on any atom is 0.416 e. The first-order chi connectivity index (χ1) is 11.6. The van der Waals surface area contributed by atoms with Gasteiger partial charge in [-0.25, -0.2) is 4.79 Å². The fraction of sp³-hybridized carbons (Fsp3) is 0.400. The molecule has 1 unspecified atom stereocenters. The molecule has 0 bridgehead atoms. The number of nitrogens with one attached hydrogen (secondary N) is 2. The highest BCUT2D eigenvalue weighted by Crippen LogP contribution is 2.29. The molecule has 2 rings (SSSR count). The zero-order valence-corrected chi connectivity index (χ0v) is 13.7. The van der Waals surface area contributed by atoms with Crippen LogP contribution in [0, 0.1) is 0 Å². The van der Waals surface area contributed by atoms with Gasteiger partial charge in [0.05, 0.1) is 12.1 Å². The van der Waals surface area contributed by atoms with Crippen molar-refractivity contribution in [2.24, 2.45) is 0 Å². The van der Waals surface area contributed by atoms with Gasteiger partial charge in [-0.15, -0.1) is 0 Å². The zero-order valence-electron chi connectivity index (χ0n) is 12.9. The van der Waals surface area contributed by atoms with Crippen molar-refractivity contribution in [3.05, 3.63) is 35.4 Å². The second-order valence-electron chi connectivity index (χ2n) is 5.50. The van der Waals surface area contributed by atoms with Crippen LogP contribution in [0.4, 0.5) is 13.2 Å². The smallest absolute Gasteiger partial charge is 0.416 e. The third kappa shape index (κ3) is 4.65. The van der Waals surface area contributed by atoms with E-state index in [1.54, 1.807) is 0 Å². The van der Waals surface area contributed by atoms with E-state index in [0.29, 0.717) is 5.75 Å². The standard InChI is InChI=1S/C15H15F3N2O4S/c16-15(17,18)10-3-1-9(2-4-10)12(22)19-7-11(21)20-14(13(23)24)5-6-25-8-14/h1-4H,5-8H2,(H,19,22)(H,20,21)(H,23,24). The molecule has 10 heteroatoms. The van der Waals surface area contributed by atoms with Crippen LogP contribution in [0.2, 0.25) is 0 Å². The number of rotatable bonds is 5. The average Bonchev–Trinajstić information content (AvgIpc) is 3.02. The Labute approximate surface area is 145 Å². The SMILES string of the molecule is O=C(CNC(=O)c1ccc(C(F)(F)F)cc1)NC1(C(=O)O)CCSC1. The van der Waals surface area contributed by atoms with E-state index < -0.39 is 41.6 Å². The Morgan fingerprint density at radius 3 is 2.32 bits per heavy atom. The second-order valence-corrected chi connectivity index (χ2v) is 6.60. The van der Waals surface area contributed by atoms with Gasteiger partial charge < -0.3 is 15.7 Å². The van der Waals surface area contributed by atoms with Gasteiger partial charge in [-0.2, -0.15) is 24.9 Å². The quantitative estimate of drug-likeness (QED) is 0.724. The minimum Gasteiger partial charge on any atom is -0.479 e. The molecule has 1 aromatic rings. The lowest BCUT2D eigenvalue weighted by Crippen LogP contribution is -2.56. The number of amides is 2. The van der Waals surface area contributed by atoms with Crippen molar-refractivity contribution < 1.29 is 32.7 Å². The van der Waals surface area contributed by atoms with Crippen LogP contribution in [0.5, 0.6) is 0 Å². The lowest BCUT2D eigenvalue weighted by Gasteiger charge is -2.24. The van der Waals surface area contributed by atoms with Gasteiger partial charge in [0.2, 0.25) is 5.91 Å². The van der Waals surface area contributed by atoms with Crippen LogP contribution in [0.1, 0.15) is 22.3 Å². The summed E-state index contributed by atoms with van der Waals surface area (Å²) in [6.45, 7) is -0.473. The summed E-state index contributed by atoms with van der Waals surface area (Å²) >= 11 is 1.40. The first-order valence-corrected chi connectivity index (χ1v) is 8.37. The second kappa shape index (κ2) is 7.34. The first-order valence-electron chi connectivity index (χ1n) is 7.22. The molecule has 1 aromatic carbocycles. The predicted octanol–water partition coefficient (Wildman–Crippen LogP) is 1.51. The van der Waals surface area contributed by atoms with Crippen LogP contribution in [0.3, 0.4) is 0 Å². The number of hydrogen-bond acceptors (Lipinski definition) is 4. The molecular weight excluding hydrogens is 361 g/mol. The molecule has 0 aliphatic carbocycles. The molecule has 1 saturated heterocycles. The highest BCUT2D eigenvalue weighted by molar-refractivity contribution is 7.99. The van der Waals surface area contributed by atoms with E-state index >= 15 is 0 Å². The Bertz CT molecular complexity index is 670. The number of carboxylic acids is 1. The summed E-state index contributed by atoms with van der Waals surface area (Å²) in [6.07, 6.45) is -4.22. The van der Waals surface area contributed by atoms with E-state index in [0.717, 1.165) is 24.3 Å². The molecule has 3 N–H and O–H groups in total. The molecule has 0 saturated carbocycles. The number of alkyl halides is 3. The zero-order chi connectivity index (χ0) is 18.7. The highest BCUT2D eigenvalue weighted by Gasteiger charge is 2.43. The molecule has 0 radical (unpaired) electrons. The van der Waals surface area contributed by atoms with Crippen molar-refractivity contribution in [3.63, 3.8) is 0 Å². The molecule has 0 aromatic heterocycles. The summed E-state index contributed by atoms with van der Waals surface area (Å²) in [7, 11) is 0. The minimum atomic E-state index is -4.50. The van der Waals surface area contributed by atoms with Crippen LogP contribution in [0.25, 0.3) is 0 Å². The molecule has 25 heavy (non-hydrogen) atoms. The van der Waals surface area contributed by atoms with Crippen LogP contribution in [0.15, 0.2) is 24.3 Å². The average molecular weight is 376 g/mol. The van der Waals surface area contributed by atoms with Gasteiger partial charge in [0.1, 0.15) is 5.54 Å². The van der Waals surface area contributed by atoms with Crippen molar-refractivity contribution in [2.75, 3.05) is 18.1 Å². The number of hydrogen-bond donors (Lipinski definition) is 3. The van der Waals surface area contributed by atoms with Crippen LogP contribution in [-0.4, -0.2) is 46.5 Å². The molecule has 1 fully saturated rings. The number of halogens is 3. The lowest BCUT2D eigenvalue weighted by atomic mass is 9.99. The van der Waals surface area contributed by atoms with Gasteiger partial charge in [-0.3, -0.25) is 9.59 Å². The number of carboxylic acid groups (broad SMARTS) is 1. The monoisotopic (exact) mass is 376 g/mol. The number of benzene rings is 1. The summed E-state index contributed by atoms with van der Waals surface area (Å²) < 4.78 is 37.4. The summed E-state index contributed by atoms with van der Waals surface area (Å²) in [5, 5.41) is 13.9. The van der Waals surface area contributed by atoms with Crippen molar-refractivity contribution >= 4 is 29.5 Å². The number of aliphatic carboxylic acids is 1. The number of thioether (sulfide) groups is 1. The Morgan fingerprint density at radius 1 is 1.20 bits per heavy atom. The van der Waals surface area contributed by atoms with Crippen molar-refractivity contribution in [2.45, 2.75) is 18.1 Å². The maximum absolute atomic E-state index is 12.5. The van der Waals surface area contributed by atoms with Crippen molar-refractivity contribution in [3.8, 4) is 0 Å². The predicted molar refractivity (Wildman–Crippen MR) is 84.2 cm³/mol. The molecule has 6 nitrogen and oxygen atoms in total. The van der Waals surface area contributed by atoms with Crippen LogP contribution < -0.4 is 10.6 Å². The third-order valence-electron chi connectivity index (χ3n) is 3.69.